The molecule has 3 rings (SSSR count). The highest BCUT2D eigenvalue weighted by atomic mass is 35.5. The van der Waals surface area contributed by atoms with Crippen molar-refractivity contribution in [2.24, 2.45) is 0 Å². The maximum absolute atomic E-state index is 10.7. The summed E-state index contributed by atoms with van der Waals surface area (Å²) >= 11 is 11.7. The smallest absolute Gasteiger partial charge is 0.288 e. The average molecular weight is 326 g/mol. The van der Waals surface area contributed by atoms with Crippen molar-refractivity contribution in [1.29, 1.82) is 0 Å². The molecule has 0 saturated heterocycles. The van der Waals surface area contributed by atoms with Crippen LogP contribution in [0, 0.1) is 10.1 Å². The van der Waals surface area contributed by atoms with Gasteiger partial charge in [0, 0.05) is 18.2 Å². The lowest BCUT2D eigenvalue weighted by Crippen LogP contribution is -1.98. The van der Waals surface area contributed by atoms with Crippen molar-refractivity contribution in [2.45, 2.75) is 0 Å². The predicted molar refractivity (Wildman–Crippen MR) is 74.0 cm³/mol. The summed E-state index contributed by atoms with van der Waals surface area (Å²) in [4.78, 5) is 18.0. The molecule has 0 aliphatic rings. The van der Waals surface area contributed by atoms with Crippen LogP contribution < -0.4 is 4.74 Å². The van der Waals surface area contributed by atoms with E-state index < -0.39 is 4.92 Å². The Balaban J connectivity index is 2.00. The summed E-state index contributed by atoms with van der Waals surface area (Å²) < 4.78 is 6.91. The fourth-order valence-corrected chi connectivity index (χ4v) is 2.06. The van der Waals surface area contributed by atoms with E-state index in [4.69, 9.17) is 27.9 Å². The van der Waals surface area contributed by atoms with Crippen LogP contribution in [0.4, 0.5) is 5.69 Å². The molecular formula is C11H5Cl2N5O3. The first kappa shape index (κ1) is 13.5. The molecular weight excluding hydrogens is 321 g/mol. The summed E-state index contributed by atoms with van der Waals surface area (Å²) in [6.07, 6.45) is 1.30. The van der Waals surface area contributed by atoms with Crippen LogP contribution in [0.25, 0.3) is 5.78 Å². The Hall–Kier alpha value is -2.45. The molecule has 0 bridgehead atoms. The lowest BCUT2D eigenvalue weighted by Gasteiger charge is -2.07. The number of fused-ring (bicyclic) bond motifs is 1. The Morgan fingerprint density at radius 3 is 2.81 bits per heavy atom. The summed E-state index contributed by atoms with van der Waals surface area (Å²) in [7, 11) is 0. The van der Waals surface area contributed by atoms with Crippen molar-refractivity contribution in [3.05, 3.63) is 50.9 Å². The molecule has 2 aromatic heterocycles. The van der Waals surface area contributed by atoms with Gasteiger partial charge in [0.15, 0.2) is 0 Å². The van der Waals surface area contributed by atoms with E-state index in [1.165, 1.54) is 35.1 Å². The Labute approximate surface area is 127 Å². The van der Waals surface area contributed by atoms with Crippen LogP contribution >= 0.6 is 23.2 Å². The average Bonchev–Trinajstić information content (AvgIpc) is 2.86. The number of nitro groups is 1. The number of aromatic nitrogens is 4. The summed E-state index contributed by atoms with van der Waals surface area (Å²) in [5, 5.41) is 14.8. The first-order valence-corrected chi connectivity index (χ1v) is 6.28. The fraction of sp³-hybridized carbons (Fsp3) is 0. The molecule has 0 spiro atoms. The number of halogens is 2. The van der Waals surface area contributed by atoms with Gasteiger partial charge in [-0.15, -0.1) is 0 Å². The van der Waals surface area contributed by atoms with Gasteiger partial charge in [0.1, 0.15) is 22.3 Å². The molecule has 1 aromatic carbocycles. The van der Waals surface area contributed by atoms with Crippen molar-refractivity contribution in [1.82, 2.24) is 19.6 Å². The van der Waals surface area contributed by atoms with E-state index in [0.717, 1.165) is 0 Å². The molecule has 0 N–H and O–H groups in total. The number of nitro benzene ring substituents is 1. The van der Waals surface area contributed by atoms with Gasteiger partial charge in [-0.2, -0.15) is 19.6 Å². The van der Waals surface area contributed by atoms with Gasteiger partial charge in [0.05, 0.1) is 4.92 Å². The maximum Gasteiger partial charge on any atom is 0.288 e. The first-order chi connectivity index (χ1) is 10.0. The quantitative estimate of drug-likeness (QED) is 0.417. The molecule has 10 heteroatoms. The second kappa shape index (κ2) is 5.15. The Morgan fingerprint density at radius 2 is 2.10 bits per heavy atom. The lowest BCUT2D eigenvalue weighted by molar-refractivity contribution is -0.384. The van der Waals surface area contributed by atoms with E-state index in [0.29, 0.717) is 5.75 Å². The summed E-state index contributed by atoms with van der Waals surface area (Å²) in [5.74, 6) is 0.822. The van der Waals surface area contributed by atoms with E-state index >= 15 is 0 Å². The van der Waals surface area contributed by atoms with Crippen molar-refractivity contribution in [3.63, 3.8) is 0 Å². The van der Waals surface area contributed by atoms with E-state index in [1.807, 2.05) is 0 Å². The summed E-state index contributed by atoms with van der Waals surface area (Å²) in [6.45, 7) is 0. The molecule has 0 saturated carbocycles. The lowest BCUT2D eigenvalue weighted by atomic mass is 10.3. The van der Waals surface area contributed by atoms with E-state index in [2.05, 4.69) is 15.1 Å². The number of rotatable bonds is 3. The third kappa shape index (κ3) is 2.58. The van der Waals surface area contributed by atoms with Gasteiger partial charge in [-0.25, -0.2) is 0 Å². The van der Waals surface area contributed by atoms with Crippen LogP contribution in [0.15, 0.2) is 30.6 Å². The van der Waals surface area contributed by atoms with Crippen LogP contribution in [0.5, 0.6) is 11.6 Å². The van der Waals surface area contributed by atoms with E-state index in [9.17, 15) is 10.1 Å². The molecule has 0 aliphatic carbocycles. The SMILES string of the molecule is O=[N+]([O-])c1ccc(Oc2cc(Cl)nc3ncnn23)cc1Cl. The topological polar surface area (TPSA) is 95.5 Å². The first-order valence-electron chi connectivity index (χ1n) is 5.52. The molecule has 21 heavy (non-hydrogen) atoms. The van der Waals surface area contributed by atoms with Gasteiger partial charge in [-0.1, -0.05) is 23.2 Å². The zero-order valence-corrected chi connectivity index (χ0v) is 11.6. The number of benzene rings is 1. The summed E-state index contributed by atoms with van der Waals surface area (Å²) in [6, 6.07) is 5.44. The minimum Gasteiger partial charge on any atom is -0.439 e. The highest BCUT2D eigenvalue weighted by Crippen LogP contribution is 2.31. The van der Waals surface area contributed by atoms with E-state index in [1.54, 1.807) is 0 Å². The third-order valence-electron chi connectivity index (χ3n) is 2.53. The molecule has 0 aliphatic heterocycles. The van der Waals surface area contributed by atoms with Crippen LogP contribution in [0.2, 0.25) is 10.2 Å². The van der Waals surface area contributed by atoms with E-state index in [-0.39, 0.29) is 27.5 Å². The largest absolute Gasteiger partial charge is 0.439 e. The standard InChI is InChI=1S/C11H5Cl2N5O3/c12-7-3-6(1-2-8(7)18(19)20)21-10-4-9(13)16-11-14-5-15-17(10)11/h1-5H. The van der Waals surface area contributed by atoms with Crippen LogP contribution in [-0.4, -0.2) is 24.5 Å². The van der Waals surface area contributed by atoms with Crippen molar-refractivity contribution in [3.8, 4) is 11.6 Å². The predicted octanol–water partition coefficient (Wildman–Crippen LogP) is 3.13. The molecule has 0 unspecified atom stereocenters. The third-order valence-corrected chi connectivity index (χ3v) is 3.02. The molecule has 3 aromatic rings. The highest BCUT2D eigenvalue weighted by Gasteiger charge is 2.14. The minimum atomic E-state index is -0.578. The Kier molecular flexibility index (Phi) is 3.32. The zero-order valence-electron chi connectivity index (χ0n) is 10.1. The fourth-order valence-electron chi connectivity index (χ4n) is 1.65. The molecule has 8 nitrogen and oxygen atoms in total. The van der Waals surface area contributed by atoms with Gasteiger partial charge in [0.2, 0.25) is 5.88 Å². The molecule has 106 valence electrons. The molecule has 0 amide bonds. The van der Waals surface area contributed by atoms with Gasteiger partial charge in [-0.3, -0.25) is 10.1 Å². The normalized spacial score (nSPS) is 10.8. The van der Waals surface area contributed by atoms with Crippen LogP contribution in [-0.2, 0) is 0 Å². The minimum absolute atomic E-state index is 0.0347. The van der Waals surface area contributed by atoms with Crippen molar-refractivity contribution >= 4 is 34.7 Å². The number of hydrogen-bond acceptors (Lipinski definition) is 6. The maximum atomic E-state index is 10.7. The molecule has 0 fully saturated rings. The van der Waals surface area contributed by atoms with Crippen LogP contribution in [0.1, 0.15) is 0 Å². The monoisotopic (exact) mass is 325 g/mol. The number of ether oxygens (including phenoxy) is 1. The second-order valence-electron chi connectivity index (χ2n) is 3.86. The zero-order chi connectivity index (χ0) is 15.0. The highest BCUT2D eigenvalue weighted by molar-refractivity contribution is 6.32. The Morgan fingerprint density at radius 1 is 1.29 bits per heavy atom. The Bertz CT molecular complexity index is 851. The second-order valence-corrected chi connectivity index (χ2v) is 4.66. The van der Waals surface area contributed by atoms with Gasteiger partial charge < -0.3 is 4.74 Å². The summed E-state index contributed by atoms with van der Waals surface area (Å²) in [5.41, 5.74) is -0.206. The van der Waals surface area contributed by atoms with Gasteiger partial charge in [-0.05, 0) is 6.07 Å². The molecule has 0 radical (unpaired) electrons. The number of hydrogen-bond donors (Lipinski definition) is 0. The van der Waals surface area contributed by atoms with Crippen molar-refractivity contribution < 1.29 is 9.66 Å². The van der Waals surface area contributed by atoms with Crippen molar-refractivity contribution in [2.75, 3.05) is 0 Å². The van der Waals surface area contributed by atoms with Gasteiger partial charge >= 0.3 is 0 Å². The van der Waals surface area contributed by atoms with Crippen LogP contribution in [0.3, 0.4) is 0 Å². The molecule has 2 heterocycles. The molecule has 0 atom stereocenters. The number of nitrogens with zero attached hydrogens (tertiary/aromatic N) is 5. The van der Waals surface area contributed by atoms with Gasteiger partial charge in [0.25, 0.3) is 11.5 Å².